The van der Waals surface area contributed by atoms with Crippen molar-refractivity contribution < 1.29 is 19.1 Å². The molecule has 4 saturated carbocycles. The highest BCUT2D eigenvalue weighted by atomic mass is 16.5. The normalized spacial score (nSPS) is 33.5. The van der Waals surface area contributed by atoms with Gasteiger partial charge in [0.15, 0.2) is 0 Å². The number of rotatable bonds is 8. The Hall–Kier alpha value is -3.15. The number of hydrogen-bond donors (Lipinski definition) is 1. The molecule has 0 radical (unpaired) electrons. The van der Waals surface area contributed by atoms with Crippen molar-refractivity contribution in [2.75, 3.05) is 13.2 Å². The Bertz CT molecular complexity index is 1370. The van der Waals surface area contributed by atoms with Gasteiger partial charge < -0.3 is 15.0 Å². The summed E-state index contributed by atoms with van der Waals surface area (Å²) in [6, 6.07) is 14.3. The Morgan fingerprint density at radius 3 is 2.41 bits per heavy atom. The van der Waals surface area contributed by atoms with Crippen LogP contribution in [0.15, 0.2) is 54.2 Å². The Morgan fingerprint density at radius 2 is 1.68 bits per heavy atom. The lowest BCUT2D eigenvalue weighted by Gasteiger charge is -2.57. The molecule has 2 atom stereocenters. The van der Waals surface area contributed by atoms with Crippen LogP contribution in [-0.4, -0.2) is 35.8 Å². The number of allylic oxidation sites excluding steroid dienone is 1. The summed E-state index contributed by atoms with van der Waals surface area (Å²) in [6.07, 6.45) is 11.7. The van der Waals surface area contributed by atoms with Gasteiger partial charge in [0.2, 0.25) is 11.8 Å². The Balaban J connectivity index is 1.13. The number of likely N-dealkylation sites (tertiary alicyclic amines) is 1. The van der Waals surface area contributed by atoms with Crippen LogP contribution in [0.3, 0.4) is 0 Å². The van der Waals surface area contributed by atoms with Crippen LogP contribution < -0.4 is 5.32 Å². The molecular weight excluding hydrogens is 512 g/mol. The van der Waals surface area contributed by atoms with Crippen LogP contribution in [0, 0.1) is 34.5 Å². The van der Waals surface area contributed by atoms with Crippen LogP contribution in [0.1, 0.15) is 76.7 Å². The van der Waals surface area contributed by atoms with E-state index in [0.29, 0.717) is 26.0 Å². The molecule has 2 aromatic carbocycles. The first-order valence-corrected chi connectivity index (χ1v) is 15.8. The number of nitrogens with one attached hydrogen (secondary N) is 1. The fourth-order valence-corrected chi connectivity index (χ4v) is 9.77. The lowest BCUT2D eigenvalue weighted by molar-refractivity contribution is -0.161. The maximum atomic E-state index is 14.1. The summed E-state index contributed by atoms with van der Waals surface area (Å²) in [5.74, 6) is 1.55. The number of fused-ring (bicyclic) bond motifs is 2. The van der Waals surface area contributed by atoms with Crippen LogP contribution >= 0.6 is 0 Å². The van der Waals surface area contributed by atoms with Crippen molar-refractivity contribution in [3.63, 3.8) is 0 Å². The molecule has 0 unspecified atom stereocenters. The molecule has 1 saturated heterocycles. The predicted octanol–water partition coefficient (Wildman–Crippen LogP) is 6.14. The molecule has 1 N–H and O–H groups in total. The van der Waals surface area contributed by atoms with Gasteiger partial charge in [-0.15, -0.1) is 0 Å². The van der Waals surface area contributed by atoms with Crippen LogP contribution in [0.5, 0.6) is 0 Å². The van der Waals surface area contributed by atoms with Crippen LogP contribution in [0.25, 0.3) is 10.8 Å². The monoisotopic (exact) mass is 554 g/mol. The number of carbonyl (C=O) groups is 3. The van der Waals surface area contributed by atoms with Gasteiger partial charge >= 0.3 is 5.97 Å². The summed E-state index contributed by atoms with van der Waals surface area (Å²) in [5.41, 5.74) is 1.17. The highest BCUT2D eigenvalue weighted by Gasteiger charge is 2.56. The number of piperidine rings is 1. The number of carbonyl (C=O) groups excluding carboxylic acids is 3. The predicted molar refractivity (Wildman–Crippen MR) is 157 cm³/mol. The molecule has 0 aromatic heterocycles. The first-order chi connectivity index (χ1) is 19.9. The van der Waals surface area contributed by atoms with Gasteiger partial charge in [0.05, 0.1) is 13.2 Å². The summed E-state index contributed by atoms with van der Waals surface area (Å²) >= 11 is 0. The molecular formula is C35H42N2O4. The zero-order valence-corrected chi connectivity index (χ0v) is 24.2. The van der Waals surface area contributed by atoms with Gasteiger partial charge in [-0.3, -0.25) is 14.4 Å². The lowest BCUT2D eigenvalue weighted by atomic mass is 9.49. The van der Waals surface area contributed by atoms with Gasteiger partial charge in [0.1, 0.15) is 5.41 Å². The third-order valence-corrected chi connectivity index (χ3v) is 11.0. The minimum atomic E-state index is -0.876. The highest BCUT2D eigenvalue weighted by molar-refractivity contribution is 5.93. The molecule has 5 aliphatic carbocycles. The summed E-state index contributed by atoms with van der Waals surface area (Å²) in [5, 5.41) is 5.50. The molecule has 1 heterocycles. The molecule has 6 nitrogen and oxygen atoms in total. The summed E-state index contributed by atoms with van der Waals surface area (Å²) in [4.78, 5) is 42.9. The van der Waals surface area contributed by atoms with E-state index in [4.69, 9.17) is 4.74 Å². The minimum absolute atomic E-state index is 0.0593. The van der Waals surface area contributed by atoms with Crippen molar-refractivity contribution in [2.24, 2.45) is 34.5 Å². The minimum Gasteiger partial charge on any atom is -0.465 e. The smallest absolute Gasteiger partial charge is 0.318 e. The third-order valence-electron chi connectivity index (χ3n) is 11.0. The average molecular weight is 555 g/mol. The van der Waals surface area contributed by atoms with E-state index in [9.17, 15) is 14.4 Å². The average Bonchev–Trinajstić information content (AvgIpc) is 3.39. The Kier molecular flexibility index (Phi) is 6.71. The van der Waals surface area contributed by atoms with Crippen molar-refractivity contribution >= 4 is 28.6 Å². The van der Waals surface area contributed by atoms with Crippen LogP contribution in [-0.2, 0) is 25.7 Å². The summed E-state index contributed by atoms with van der Waals surface area (Å²) in [7, 11) is 0. The number of nitrogens with zero attached hydrogens (tertiary/aromatic N) is 1. The van der Waals surface area contributed by atoms with Gasteiger partial charge in [0, 0.05) is 24.6 Å². The van der Waals surface area contributed by atoms with Crippen molar-refractivity contribution in [2.45, 2.75) is 77.7 Å². The SMILES string of the molecule is CCOC(=O)[C@]12CCC=C1N(Cc1cccc3ccccc13)C(=O)[C@H](CC(=O)NCC13CC4CC(CC(C4)C1)C3)C2. The van der Waals surface area contributed by atoms with Crippen molar-refractivity contribution in [3.8, 4) is 0 Å². The molecule has 6 heteroatoms. The first kappa shape index (κ1) is 26.7. The van der Waals surface area contributed by atoms with E-state index in [0.717, 1.165) is 52.8 Å². The molecule has 6 aliphatic rings. The van der Waals surface area contributed by atoms with Crippen molar-refractivity contribution in [3.05, 3.63) is 59.8 Å². The molecule has 5 fully saturated rings. The van der Waals surface area contributed by atoms with Gasteiger partial charge in [-0.25, -0.2) is 0 Å². The van der Waals surface area contributed by atoms with Gasteiger partial charge in [0.25, 0.3) is 0 Å². The maximum absolute atomic E-state index is 14.1. The fourth-order valence-electron chi connectivity index (χ4n) is 9.77. The molecule has 1 aliphatic heterocycles. The molecule has 0 spiro atoms. The molecule has 2 amide bonds. The van der Waals surface area contributed by atoms with Crippen LogP contribution in [0.4, 0.5) is 0 Å². The highest BCUT2D eigenvalue weighted by Crippen LogP contribution is 2.59. The second-order valence-electron chi connectivity index (χ2n) is 13.8. The van der Waals surface area contributed by atoms with E-state index >= 15 is 0 Å². The van der Waals surface area contributed by atoms with E-state index in [-0.39, 0.29) is 29.6 Å². The molecule has 4 bridgehead atoms. The van der Waals surface area contributed by atoms with Crippen molar-refractivity contribution in [1.82, 2.24) is 10.2 Å². The lowest BCUT2D eigenvalue weighted by Crippen LogP contribution is -2.53. The standard InChI is InChI=1S/C35H42N2O4/c1-2-41-33(40)35-12-6-11-30(35)37(21-27-9-5-8-26-7-3-4-10-29(26)27)32(39)28(20-35)16-31(38)36-22-34-17-23-13-24(18-34)15-25(14-23)19-34/h3-5,7-11,23-25,28H,2,6,12-22H2,1H3,(H,36,38)/t23?,24?,25?,28-,34?,35+/m1/s1. The molecule has 8 rings (SSSR count). The Labute approximate surface area is 242 Å². The number of benzene rings is 2. The second-order valence-corrected chi connectivity index (χ2v) is 13.8. The van der Waals surface area contributed by atoms with Crippen molar-refractivity contribution in [1.29, 1.82) is 0 Å². The first-order valence-electron chi connectivity index (χ1n) is 15.8. The van der Waals surface area contributed by atoms with Gasteiger partial charge in [-0.1, -0.05) is 48.5 Å². The second kappa shape index (κ2) is 10.3. The van der Waals surface area contributed by atoms with E-state index in [1.54, 1.807) is 4.90 Å². The number of esters is 1. The van der Waals surface area contributed by atoms with E-state index in [1.165, 1.54) is 38.5 Å². The number of amides is 2. The third kappa shape index (κ3) is 4.67. The molecule has 216 valence electrons. The quantitative estimate of drug-likeness (QED) is 0.398. The van der Waals surface area contributed by atoms with Gasteiger partial charge in [-0.05, 0) is 104 Å². The number of hydrogen-bond acceptors (Lipinski definition) is 4. The summed E-state index contributed by atoms with van der Waals surface area (Å²) < 4.78 is 5.61. The van der Waals surface area contributed by atoms with E-state index < -0.39 is 11.3 Å². The topological polar surface area (TPSA) is 75.7 Å². The molecule has 2 aromatic rings. The Morgan fingerprint density at radius 1 is 0.976 bits per heavy atom. The molecule has 41 heavy (non-hydrogen) atoms. The number of ether oxygens (including phenoxy) is 1. The van der Waals surface area contributed by atoms with Crippen LogP contribution in [0.2, 0.25) is 0 Å². The zero-order valence-electron chi connectivity index (χ0n) is 24.2. The zero-order chi connectivity index (χ0) is 28.2. The van der Waals surface area contributed by atoms with E-state index in [2.05, 4.69) is 29.6 Å². The van der Waals surface area contributed by atoms with E-state index in [1.807, 2.05) is 31.2 Å². The largest absolute Gasteiger partial charge is 0.465 e. The summed E-state index contributed by atoms with van der Waals surface area (Å²) in [6.45, 7) is 3.22. The maximum Gasteiger partial charge on any atom is 0.318 e. The van der Waals surface area contributed by atoms with Gasteiger partial charge in [-0.2, -0.15) is 0 Å². The fraction of sp³-hybridized carbons (Fsp3) is 0.571.